The van der Waals surface area contributed by atoms with E-state index in [0.29, 0.717) is 5.16 Å². The van der Waals surface area contributed by atoms with Gasteiger partial charge in [-0.15, -0.1) is 0 Å². The summed E-state index contributed by atoms with van der Waals surface area (Å²) >= 11 is 1.24. The zero-order chi connectivity index (χ0) is 15.4. The molecule has 2 rings (SSSR count). The summed E-state index contributed by atoms with van der Waals surface area (Å²) in [6.45, 7) is 2.07. The van der Waals surface area contributed by atoms with Crippen LogP contribution in [0.5, 0.6) is 0 Å². The summed E-state index contributed by atoms with van der Waals surface area (Å²) in [5.41, 5.74) is 3.16. The normalized spacial score (nSPS) is 10.6. The number of aryl methyl sites for hydroxylation is 1. The van der Waals surface area contributed by atoms with Gasteiger partial charge in [-0.2, -0.15) is 0 Å². The van der Waals surface area contributed by atoms with Gasteiger partial charge in [0.05, 0.1) is 17.1 Å². The quantitative estimate of drug-likeness (QED) is 0.832. The van der Waals surface area contributed by atoms with Crippen LogP contribution in [-0.4, -0.2) is 40.5 Å². The van der Waals surface area contributed by atoms with E-state index >= 15 is 0 Å². The molecule has 0 aliphatic heterocycles. The lowest BCUT2D eigenvalue weighted by atomic mass is 10.2. The molecule has 1 aromatic carbocycles. The van der Waals surface area contributed by atoms with Gasteiger partial charge in [-0.1, -0.05) is 30.8 Å². The molecule has 5 nitrogen and oxygen atoms in total. The van der Waals surface area contributed by atoms with Gasteiger partial charge in [0.1, 0.15) is 0 Å². The van der Waals surface area contributed by atoms with Crippen LogP contribution in [-0.2, 0) is 11.2 Å². The molecule has 0 saturated carbocycles. The highest BCUT2D eigenvalue weighted by Crippen LogP contribution is 2.29. The van der Waals surface area contributed by atoms with Crippen LogP contribution in [0.25, 0.3) is 5.69 Å². The highest BCUT2D eigenvalue weighted by Gasteiger charge is 2.15. The summed E-state index contributed by atoms with van der Waals surface area (Å²) in [7, 11) is 3.98. The maximum absolute atomic E-state index is 10.8. The first-order valence-electron chi connectivity index (χ1n) is 6.72. The molecular weight excluding hydrogens is 286 g/mol. The zero-order valence-electron chi connectivity index (χ0n) is 12.4. The number of carbonyl (C=O) groups is 1. The summed E-state index contributed by atoms with van der Waals surface area (Å²) in [6, 6.07) is 8.04. The fourth-order valence-corrected chi connectivity index (χ4v) is 2.86. The molecule has 21 heavy (non-hydrogen) atoms. The fraction of sp³-hybridized carbons (Fsp3) is 0.333. The van der Waals surface area contributed by atoms with Crippen molar-refractivity contribution < 1.29 is 9.90 Å². The van der Waals surface area contributed by atoms with E-state index in [4.69, 9.17) is 5.11 Å². The van der Waals surface area contributed by atoms with Gasteiger partial charge in [0.25, 0.3) is 0 Å². The molecule has 0 atom stereocenters. The van der Waals surface area contributed by atoms with Crippen molar-refractivity contribution in [1.29, 1.82) is 0 Å². The van der Waals surface area contributed by atoms with Crippen molar-refractivity contribution in [3.8, 4) is 5.69 Å². The number of aromatic nitrogens is 2. The molecule has 0 spiro atoms. The second kappa shape index (κ2) is 6.67. The van der Waals surface area contributed by atoms with Crippen LogP contribution in [0.15, 0.2) is 35.6 Å². The van der Waals surface area contributed by atoms with E-state index < -0.39 is 5.97 Å². The maximum atomic E-state index is 10.8. The van der Waals surface area contributed by atoms with Gasteiger partial charge in [-0.05, 0) is 18.6 Å². The molecule has 0 saturated heterocycles. The summed E-state index contributed by atoms with van der Waals surface area (Å²) in [6.07, 6.45) is 2.65. The van der Waals surface area contributed by atoms with E-state index in [2.05, 4.69) is 11.9 Å². The fourth-order valence-electron chi connectivity index (χ4n) is 2.13. The highest BCUT2D eigenvalue weighted by atomic mass is 32.2. The van der Waals surface area contributed by atoms with E-state index in [9.17, 15) is 4.79 Å². The van der Waals surface area contributed by atoms with Crippen molar-refractivity contribution >= 4 is 23.4 Å². The van der Waals surface area contributed by atoms with Crippen molar-refractivity contribution in [2.45, 2.75) is 18.5 Å². The van der Waals surface area contributed by atoms with E-state index in [1.54, 1.807) is 0 Å². The molecule has 0 radical (unpaired) electrons. The van der Waals surface area contributed by atoms with Crippen LogP contribution in [0.1, 0.15) is 12.6 Å². The monoisotopic (exact) mass is 305 g/mol. The average molecular weight is 305 g/mol. The van der Waals surface area contributed by atoms with Gasteiger partial charge in [0, 0.05) is 26.0 Å². The molecule has 0 aliphatic carbocycles. The lowest BCUT2D eigenvalue weighted by Crippen LogP contribution is -2.13. The maximum Gasteiger partial charge on any atom is 0.313 e. The van der Waals surface area contributed by atoms with E-state index in [0.717, 1.165) is 23.5 Å². The summed E-state index contributed by atoms with van der Waals surface area (Å²) in [5, 5.41) is 9.59. The lowest BCUT2D eigenvalue weighted by molar-refractivity contribution is -0.133. The third-order valence-electron chi connectivity index (χ3n) is 3.09. The van der Waals surface area contributed by atoms with Crippen LogP contribution in [0.3, 0.4) is 0 Å². The number of para-hydroxylation sites is 2. The Balaban J connectivity index is 2.51. The third kappa shape index (κ3) is 3.39. The van der Waals surface area contributed by atoms with E-state index in [1.807, 2.05) is 54.0 Å². The molecule has 1 heterocycles. The topological polar surface area (TPSA) is 58.4 Å². The minimum Gasteiger partial charge on any atom is -0.481 e. The third-order valence-corrected chi connectivity index (χ3v) is 4.03. The van der Waals surface area contributed by atoms with Crippen LogP contribution in [0.2, 0.25) is 0 Å². The predicted molar refractivity (Wildman–Crippen MR) is 85.6 cm³/mol. The van der Waals surface area contributed by atoms with E-state index in [1.165, 1.54) is 11.8 Å². The highest BCUT2D eigenvalue weighted by molar-refractivity contribution is 7.99. The number of thioether (sulfide) groups is 1. The molecule has 0 fully saturated rings. The Morgan fingerprint density at radius 3 is 2.71 bits per heavy atom. The predicted octanol–water partition coefficient (Wildman–Crippen LogP) is 2.68. The minimum absolute atomic E-state index is 0.00426. The van der Waals surface area contributed by atoms with Crippen molar-refractivity contribution in [3.05, 3.63) is 36.2 Å². The largest absolute Gasteiger partial charge is 0.481 e. The van der Waals surface area contributed by atoms with Crippen LogP contribution < -0.4 is 4.90 Å². The number of imidazole rings is 1. The lowest BCUT2D eigenvalue weighted by Gasteiger charge is -2.20. The average Bonchev–Trinajstić information content (AvgIpc) is 2.87. The Morgan fingerprint density at radius 2 is 2.10 bits per heavy atom. The van der Waals surface area contributed by atoms with Crippen molar-refractivity contribution in [2.24, 2.45) is 0 Å². The molecule has 2 aromatic rings. The smallest absolute Gasteiger partial charge is 0.313 e. The molecule has 6 heteroatoms. The zero-order valence-corrected chi connectivity index (χ0v) is 13.2. The Labute approximate surface area is 128 Å². The van der Waals surface area contributed by atoms with Crippen molar-refractivity contribution in [3.63, 3.8) is 0 Å². The Kier molecular flexibility index (Phi) is 4.90. The number of rotatable bonds is 6. The van der Waals surface area contributed by atoms with Crippen LogP contribution >= 0.6 is 11.8 Å². The van der Waals surface area contributed by atoms with Gasteiger partial charge in [0.2, 0.25) is 0 Å². The Bertz CT molecular complexity index is 638. The Hall–Kier alpha value is -1.95. The second-order valence-corrected chi connectivity index (χ2v) is 5.73. The number of carboxylic acid groups (broad SMARTS) is 1. The summed E-state index contributed by atoms with van der Waals surface area (Å²) in [5.74, 6) is -0.835. The number of hydrogen-bond acceptors (Lipinski definition) is 4. The SMILES string of the molecule is CCc1cnc(SCC(=O)O)n1-c1ccccc1N(C)C. The van der Waals surface area contributed by atoms with Crippen molar-refractivity contribution in [2.75, 3.05) is 24.7 Å². The van der Waals surface area contributed by atoms with Gasteiger partial charge in [-0.3, -0.25) is 9.36 Å². The second-order valence-electron chi connectivity index (χ2n) is 4.79. The minimum atomic E-state index is -0.839. The number of anilines is 1. The van der Waals surface area contributed by atoms with Crippen LogP contribution in [0.4, 0.5) is 5.69 Å². The number of carboxylic acids is 1. The Morgan fingerprint density at radius 1 is 1.38 bits per heavy atom. The van der Waals surface area contributed by atoms with Gasteiger partial charge in [0.15, 0.2) is 5.16 Å². The summed E-state index contributed by atoms with van der Waals surface area (Å²) < 4.78 is 2.04. The molecule has 0 bridgehead atoms. The molecule has 0 amide bonds. The van der Waals surface area contributed by atoms with Crippen LogP contribution in [0, 0.1) is 0 Å². The number of hydrogen-bond donors (Lipinski definition) is 1. The number of benzene rings is 1. The first kappa shape index (κ1) is 15.4. The molecule has 0 aliphatic rings. The standard InChI is InChI=1S/C15H19N3O2S/c1-4-11-9-16-15(21-10-14(19)20)18(11)13-8-6-5-7-12(13)17(2)3/h5-9H,4,10H2,1-3H3,(H,19,20). The molecule has 1 N–H and O–H groups in total. The molecule has 0 unspecified atom stereocenters. The van der Waals surface area contributed by atoms with Gasteiger partial charge >= 0.3 is 5.97 Å². The van der Waals surface area contributed by atoms with Crippen molar-refractivity contribution in [1.82, 2.24) is 9.55 Å². The summed E-state index contributed by atoms with van der Waals surface area (Å²) in [4.78, 5) is 17.2. The first-order valence-corrected chi connectivity index (χ1v) is 7.71. The van der Waals surface area contributed by atoms with E-state index in [-0.39, 0.29) is 5.75 Å². The molecular formula is C15H19N3O2S. The number of aliphatic carboxylic acids is 1. The molecule has 112 valence electrons. The molecule has 1 aromatic heterocycles. The number of nitrogens with zero attached hydrogens (tertiary/aromatic N) is 3. The first-order chi connectivity index (χ1) is 10.0. The van der Waals surface area contributed by atoms with Gasteiger partial charge in [-0.25, -0.2) is 4.98 Å². The van der Waals surface area contributed by atoms with Gasteiger partial charge < -0.3 is 10.0 Å².